The molecule has 10 heteroatoms. The number of aromatic amines is 1. The maximum Gasteiger partial charge on any atom is 0.328 e. The Kier molecular flexibility index (Phi) is 3.99. The number of hydrogen-bond donors (Lipinski definition) is 2. The van der Waals surface area contributed by atoms with Crippen LogP contribution in [-0.2, 0) is 0 Å². The first-order valence-corrected chi connectivity index (χ1v) is 10.1. The fraction of sp³-hybridized carbons (Fsp3) is 0.182. The van der Waals surface area contributed by atoms with Gasteiger partial charge < -0.3 is 10.1 Å². The van der Waals surface area contributed by atoms with E-state index in [2.05, 4.69) is 19.9 Å². The second kappa shape index (κ2) is 6.79. The van der Waals surface area contributed by atoms with Crippen molar-refractivity contribution < 1.29 is 13.9 Å². The normalized spacial score (nSPS) is 18.3. The molecule has 32 heavy (non-hydrogen) atoms. The van der Waals surface area contributed by atoms with Crippen LogP contribution in [0, 0.1) is 11.6 Å². The average molecular weight is 434 g/mol. The lowest BCUT2D eigenvalue weighted by Crippen LogP contribution is -2.28. The minimum Gasteiger partial charge on any atom is -0.388 e. The second-order valence-electron chi connectivity index (χ2n) is 7.84. The Hall–Kier alpha value is -3.92. The number of aliphatic hydroxyl groups is 1. The summed E-state index contributed by atoms with van der Waals surface area (Å²) in [5, 5.41) is 10.4. The number of aromatic nitrogens is 6. The first-order chi connectivity index (χ1) is 15.5. The Labute approximate surface area is 178 Å². The molecule has 6 rings (SSSR count). The molecule has 0 saturated carbocycles. The summed E-state index contributed by atoms with van der Waals surface area (Å²) in [7, 11) is 0. The highest BCUT2D eigenvalue weighted by atomic mass is 19.1. The van der Waals surface area contributed by atoms with Gasteiger partial charge in [-0.2, -0.15) is 4.98 Å². The van der Waals surface area contributed by atoms with Crippen molar-refractivity contribution in [2.24, 2.45) is 0 Å². The molecular weight excluding hydrogens is 418 g/mol. The van der Waals surface area contributed by atoms with Gasteiger partial charge in [0, 0.05) is 6.07 Å². The lowest BCUT2D eigenvalue weighted by Gasteiger charge is -2.29. The van der Waals surface area contributed by atoms with Gasteiger partial charge in [-0.25, -0.2) is 23.5 Å². The molecule has 2 N–H and O–H groups in total. The molecule has 0 radical (unpaired) electrons. The van der Waals surface area contributed by atoms with E-state index in [0.717, 1.165) is 0 Å². The fourth-order valence-electron chi connectivity index (χ4n) is 4.49. The van der Waals surface area contributed by atoms with Crippen LogP contribution in [0.5, 0.6) is 0 Å². The molecule has 3 aromatic heterocycles. The van der Waals surface area contributed by atoms with E-state index in [1.165, 1.54) is 45.9 Å². The highest BCUT2D eigenvalue weighted by Gasteiger charge is 2.30. The number of halogens is 2. The molecule has 160 valence electrons. The third-order valence-electron chi connectivity index (χ3n) is 5.96. The summed E-state index contributed by atoms with van der Waals surface area (Å²) in [5.41, 5.74) is 2.53. The van der Waals surface area contributed by atoms with Gasteiger partial charge in [0.2, 0.25) is 5.95 Å². The highest BCUT2D eigenvalue weighted by Crippen LogP contribution is 2.39. The van der Waals surface area contributed by atoms with Crippen molar-refractivity contribution >= 4 is 22.2 Å². The van der Waals surface area contributed by atoms with Gasteiger partial charge >= 0.3 is 5.69 Å². The molecule has 1 aliphatic carbocycles. The molecule has 0 saturated heterocycles. The fourth-order valence-corrected chi connectivity index (χ4v) is 4.49. The third-order valence-corrected chi connectivity index (χ3v) is 5.96. The molecule has 2 atom stereocenters. The topological polar surface area (TPSA) is 102 Å². The van der Waals surface area contributed by atoms with Crippen LogP contribution in [0.3, 0.4) is 0 Å². The number of aliphatic hydroxyl groups excluding tert-OH is 1. The van der Waals surface area contributed by atoms with Crippen molar-refractivity contribution in [3.63, 3.8) is 0 Å². The molecule has 3 heterocycles. The summed E-state index contributed by atoms with van der Waals surface area (Å²) in [6.07, 6.45) is 3.10. The summed E-state index contributed by atoms with van der Waals surface area (Å²) < 4.78 is 30.8. The first-order valence-electron chi connectivity index (χ1n) is 10.1. The van der Waals surface area contributed by atoms with Gasteiger partial charge in [0.1, 0.15) is 23.5 Å². The zero-order valence-corrected chi connectivity index (χ0v) is 16.5. The molecule has 0 bridgehead atoms. The van der Waals surface area contributed by atoms with Crippen molar-refractivity contribution in [1.82, 2.24) is 29.1 Å². The molecule has 1 aliphatic rings. The molecule has 0 unspecified atom stereocenters. The van der Waals surface area contributed by atoms with Crippen LogP contribution in [0.2, 0.25) is 0 Å². The average Bonchev–Trinajstić information content (AvgIpc) is 3.33. The summed E-state index contributed by atoms with van der Waals surface area (Å²) in [5.74, 6) is -0.648. The van der Waals surface area contributed by atoms with E-state index < -0.39 is 29.5 Å². The summed E-state index contributed by atoms with van der Waals surface area (Å²) in [6, 6.07) is 7.90. The number of benzene rings is 2. The minimum atomic E-state index is -0.722. The van der Waals surface area contributed by atoms with Crippen LogP contribution < -0.4 is 5.69 Å². The lowest BCUT2D eigenvalue weighted by atomic mass is 9.85. The van der Waals surface area contributed by atoms with Gasteiger partial charge in [-0.3, -0.25) is 9.13 Å². The number of hydrogen-bond acceptors (Lipinski definition) is 5. The number of rotatable bonds is 2. The zero-order chi connectivity index (χ0) is 22.0. The van der Waals surface area contributed by atoms with E-state index in [9.17, 15) is 18.7 Å². The van der Waals surface area contributed by atoms with Gasteiger partial charge in [-0.05, 0) is 48.2 Å². The molecule has 0 spiro atoms. The summed E-state index contributed by atoms with van der Waals surface area (Å²) in [4.78, 5) is 28.8. The van der Waals surface area contributed by atoms with Gasteiger partial charge in [0.25, 0.3) is 0 Å². The monoisotopic (exact) mass is 434 g/mol. The number of nitrogens with one attached hydrogen (secondary N) is 1. The largest absolute Gasteiger partial charge is 0.388 e. The summed E-state index contributed by atoms with van der Waals surface area (Å²) >= 11 is 0. The van der Waals surface area contributed by atoms with Gasteiger partial charge in [0.05, 0.1) is 29.4 Å². The van der Waals surface area contributed by atoms with E-state index in [0.29, 0.717) is 46.2 Å². The van der Waals surface area contributed by atoms with Crippen molar-refractivity contribution in [3.8, 4) is 5.95 Å². The smallest absolute Gasteiger partial charge is 0.328 e. The number of imidazole rings is 2. The molecule has 0 fully saturated rings. The van der Waals surface area contributed by atoms with Crippen LogP contribution in [0.4, 0.5) is 8.78 Å². The third kappa shape index (κ3) is 2.76. The van der Waals surface area contributed by atoms with Crippen LogP contribution >= 0.6 is 0 Å². The maximum atomic E-state index is 14.0. The van der Waals surface area contributed by atoms with Gasteiger partial charge in [0.15, 0.2) is 5.65 Å². The number of H-pyrrole nitrogens is 1. The number of nitrogens with zero attached hydrogens (tertiary/aromatic N) is 5. The Bertz CT molecular complexity index is 1570. The van der Waals surface area contributed by atoms with Crippen LogP contribution in [0.1, 0.15) is 36.1 Å². The predicted octanol–water partition coefficient (Wildman–Crippen LogP) is 3.15. The van der Waals surface area contributed by atoms with E-state index in [1.807, 2.05) is 0 Å². The predicted molar refractivity (Wildman–Crippen MR) is 111 cm³/mol. The van der Waals surface area contributed by atoms with Gasteiger partial charge in [-0.15, -0.1) is 0 Å². The quantitative estimate of drug-likeness (QED) is 0.445. The van der Waals surface area contributed by atoms with Crippen LogP contribution in [0.15, 0.2) is 53.7 Å². The summed E-state index contributed by atoms with van der Waals surface area (Å²) in [6.45, 7) is 0. The SMILES string of the molecule is O=c1[nH]c2cnc(-n3cnc4ccc(F)cc43)nc2n1[C@@H]1CC[C@@H](O)c2ccc(F)cc21. The maximum absolute atomic E-state index is 14.0. The van der Waals surface area contributed by atoms with E-state index >= 15 is 0 Å². The first kappa shape index (κ1) is 18.8. The molecule has 2 aromatic carbocycles. The molecule has 0 aliphatic heterocycles. The van der Waals surface area contributed by atoms with Crippen molar-refractivity contribution in [1.29, 1.82) is 0 Å². The lowest BCUT2D eigenvalue weighted by molar-refractivity contribution is 0.147. The Morgan fingerprint density at radius 2 is 1.84 bits per heavy atom. The second-order valence-corrected chi connectivity index (χ2v) is 7.84. The minimum absolute atomic E-state index is 0.216. The van der Waals surface area contributed by atoms with Crippen molar-refractivity contribution in [3.05, 3.63) is 82.2 Å². The Morgan fingerprint density at radius 3 is 2.72 bits per heavy atom. The highest BCUT2D eigenvalue weighted by molar-refractivity contribution is 5.77. The van der Waals surface area contributed by atoms with E-state index in [-0.39, 0.29) is 5.95 Å². The molecular formula is C22H16F2N6O2. The molecule has 8 nitrogen and oxygen atoms in total. The standard InChI is InChI=1S/C22H16F2N6O2/c23-11-1-3-13-14(7-11)17(5-6-19(13)31)30-20-16(27-22(30)32)9-25-21(28-20)29-10-26-15-4-2-12(24)8-18(15)29/h1-4,7-10,17,19,31H,5-6H2,(H,27,32)/t17-,19-/m1/s1. The number of fused-ring (bicyclic) bond motifs is 3. The van der Waals surface area contributed by atoms with Crippen LogP contribution in [0.25, 0.3) is 28.1 Å². The van der Waals surface area contributed by atoms with E-state index in [4.69, 9.17) is 0 Å². The Balaban J connectivity index is 1.56. The Morgan fingerprint density at radius 1 is 1.03 bits per heavy atom. The van der Waals surface area contributed by atoms with Crippen LogP contribution in [-0.4, -0.2) is 34.2 Å². The molecule has 5 aromatic rings. The van der Waals surface area contributed by atoms with Crippen molar-refractivity contribution in [2.75, 3.05) is 0 Å². The van der Waals surface area contributed by atoms with Gasteiger partial charge in [-0.1, -0.05) is 6.07 Å². The van der Waals surface area contributed by atoms with Crippen molar-refractivity contribution in [2.45, 2.75) is 25.0 Å². The zero-order valence-electron chi connectivity index (χ0n) is 16.5. The van der Waals surface area contributed by atoms with E-state index in [1.54, 1.807) is 12.1 Å². The molecule has 0 amide bonds.